The number of anilines is 2. The van der Waals surface area contributed by atoms with E-state index in [-0.39, 0.29) is 17.7 Å². The molecule has 0 radical (unpaired) electrons. The van der Waals surface area contributed by atoms with Crippen molar-refractivity contribution in [1.82, 2.24) is 15.0 Å². The topological polar surface area (TPSA) is 88.1 Å². The summed E-state index contributed by atoms with van der Waals surface area (Å²) in [7, 11) is 0. The van der Waals surface area contributed by atoms with Crippen molar-refractivity contribution in [3.63, 3.8) is 0 Å². The molecule has 2 amide bonds. The third kappa shape index (κ3) is 4.03. The van der Waals surface area contributed by atoms with E-state index in [9.17, 15) is 9.59 Å². The largest absolute Gasteiger partial charge is 0.312 e. The molecule has 3 heterocycles. The van der Waals surface area contributed by atoms with Crippen LogP contribution in [0.5, 0.6) is 0 Å². The van der Waals surface area contributed by atoms with E-state index in [4.69, 9.17) is 0 Å². The molecule has 1 aliphatic carbocycles. The number of hydrogen-bond donors (Lipinski definition) is 1. The third-order valence-corrected chi connectivity index (χ3v) is 5.99. The Bertz CT molecular complexity index is 1120. The summed E-state index contributed by atoms with van der Waals surface area (Å²) in [5.74, 6) is 0.572. The fourth-order valence-electron chi connectivity index (χ4n) is 3.96. The highest BCUT2D eigenvalue weighted by Gasteiger charge is 2.25. The van der Waals surface area contributed by atoms with Crippen molar-refractivity contribution in [3.8, 4) is 22.4 Å². The number of hydrogen-bond acceptors (Lipinski definition) is 5. The van der Waals surface area contributed by atoms with Gasteiger partial charge in [0.05, 0.1) is 5.69 Å². The molecule has 7 nitrogen and oxygen atoms in total. The molecule has 2 aromatic heterocycles. The van der Waals surface area contributed by atoms with Crippen LogP contribution in [0.4, 0.5) is 11.6 Å². The van der Waals surface area contributed by atoms with Crippen LogP contribution in [0.2, 0.25) is 0 Å². The van der Waals surface area contributed by atoms with Crippen LogP contribution in [0.1, 0.15) is 32.1 Å². The van der Waals surface area contributed by atoms with Gasteiger partial charge in [-0.15, -0.1) is 0 Å². The number of pyridine rings is 1. The molecular weight excluding hydrogens is 390 g/mol. The van der Waals surface area contributed by atoms with Crippen molar-refractivity contribution in [3.05, 3.63) is 55.0 Å². The number of carbonyl (C=O) groups excluding carboxylic acids is 2. The molecule has 1 N–H and O–H groups in total. The first-order chi connectivity index (χ1) is 15.2. The first-order valence-electron chi connectivity index (χ1n) is 10.7. The average molecular weight is 413 g/mol. The van der Waals surface area contributed by atoms with E-state index in [1.54, 1.807) is 18.6 Å². The highest BCUT2D eigenvalue weighted by atomic mass is 16.2. The zero-order valence-corrected chi connectivity index (χ0v) is 17.1. The Morgan fingerprint density at radius 3 is 2.52 bits per heavy atom. The minimum Gasteiger partial charge on any atom is -0.312 e. The Morgan fingerprint density at radius 1 is 1.00 bits per heavy atom. The second-order valence-electron chi connectivity index (χ2n) is 8.04. The van der Waals surface area contributed by atoms with E-state index in [0.717, 1.165) is 54.6 Å². The molecule has 0 spiro atoms. The summed E-state index contributed by atoms with van der Waals surface area (Å²) in [6.45, 7) is 0.780. The maximum atomic E-state index is 12.2. The van der Waals surface area contributed by atoms with Gasteiger partial charge in [-0.05, 0) is 49.1 Å². The van der Waals surface area contributed by atoms with E-state index in [2.05, 4.69) is 20.3 Å². The molecule has 2 fully saturated rings. The molecule has 0 unspecified atom stereocenters. The van der Waals surface area contributed by atoms with Crippen LogP contribution in [0.3, 0.4) is 0 Å². The normalized spacial score (nSPS) is 16.3. The van der Waals surface area contributed by atoms with Gasteiger partial charge in [0.2, 0.25) is 17.8 Å². The van der Waals surface area contributed by atoms with Gasteiger partial charge >= 0.3 is 0 Å². The quantitative estimate of drug-likeness (QED) is 0.681. The maximum Gasteiger partial charge on any atom is 0.229 e. The minimum absolute atomic E-state index is 0.00755. The smallest absolute Gasteiger partial charge is 0.229 e. The number of nitrogens with one attached hydrogen (secondary N) is 1. The number of benzene rings is 1. The second-order valence-corrected chi connectivity index (χ2v) is 8.04. The highest BCUT2D eigenvalue weighted by molar-refractivity contribution is 5.95. The first-order valence-corrected chi connectivity index (χ1v) is 10.7. The Morgan fingerprint density at radius 2 is 1.81 bits per heavy atom. The molecule has 5 rings (SSSR count). The summed E-state index contributed by atoms with van der Waals surface area (Å²) in [5.41, 5.74) is 4.44. The van der Waals surface area contributed by atoms with E-state index in [1.165, 1.54) is 0 Å². The third-order valence-electron chi connectivity index (χ3n) is 5.99. The molecular formula is C24H23N5O2. The molecule has 1 aromatic carbocycles. The van der Waals surface area contributed by atoms with Gasteiger partial charge < -0.3 is 4.90 Å². The summed E-state index contributed by atoms with van der Waals surface area (Å²) in [6, 6.07) is 11.8. The predicted octanol–water partition coefficient (Wildman–Crippen LogP) is 4.07. The molecule has 3 aromatic rings. The summed E-state index contributed by atoms with van der Waals surface area (Å²) in [4.78, 5) is 39.1. The number of aromatic nitrogens is 3. The SMILES string of the molecule is O=C(Nc1nccc(-c2cncc(-c3ccc(N4CCCC4=O)cc3)c2)n1)C1CCC1. The Balaban J connectivity index is 1.36. The number of rotatable bonds is 5. The standard InChI is InChI=1S/C24H23N5O2/c30-22-5-2-12-29(22)20-8-6-16(7-9-20)18-13-19(15-25-14-18)21-10-11-26-24(27-21)28-23(31)17-3-1-4-17/h6-11,13-15,17H,1-5,12H2,(H,26,27,28,31). The lowest BCUT2D eigenvalue weighted by Crippen LogP contribution is -2.28. The highest BCUT2D eigenvalue weighted by Crippen LogP contribution is 2.29. The molecule has 1 aliphatic heterocycles. The van der Waals surface area contributed by atoms with Crippen LogP contribution in [-0.4, -0.2) is 33.3 Å². The first kappa shape index (κ1) is 19.4. The van der Waals surface area contributed by atoms with Crippen LogP contribution < -0.4 is 10.2 Å². The monoisotopic (exact) mass is 413 g/mol. The van der Waals surface area contributed by atoms with Crippen molar-refractivity contribution >= 4 is 23.5 Å². The molecule has 1 saturated carbocycles. The van der Waals surface area contributed by atoms with E-state index >= 15 is 0 Å². The van der Waals surface area contributed by atoms with Crippen molar-refractivity contribution < 1.29 is 9.59 Å². The lowest BCUT2D eigenvalue weighted by molar-refractivity contribution is -0.122. The van der Waals surface area contributed by atoms with E-state index in [0.29, 0.717) is 18.1 Å². The second kappa shape index (κ2) is 8.26. The molecule has 156 valence electrons. The van der Waals surface area contributed by atoms with Gasteiger partial charge in [0.15, 0.2) is 0 Å². The Labute approximate surface area is 180 Å². The van der Waals surface area contributed by atoms with Gasteiger partial charge in [0, 0.05) is 54.3 Å². The van der Waals surface area contributed by atoms with E-state index < -0.39 is 0 Å². The Kier molecular flexibility index (Phi) is 5.16. The lowest BCUT2D eigenvalue weighted by Gasteiger charge is -2.23. The molecule has 0 atom stereocenters. The molecule has 0 bridgehead atoms. The van der Waals surface area contributed by atoms with Gasteiger partial charge in [-0.25, -0.2) is 9.97 Å². The van der Waals surface area contributed by atoms with Crippen LogP contribution in [0, 0.1) is 5.92 Å². The molecule has 31 heavy (non-hydrogen) atoms. The zero-order valence-electron chi connectivity index (χ0n) is 17.1. The lowest BCUT2D eigenvalue weighted by atomic mass is 9.85. The van der Waals surface area contributed by atoms with Crippen molar-refractivity contribution in [2.24, 2.45) is 5.92 Å². The summed E-state index contributed by atoms with van der Waals surface area (Å²) in [5, 5.41) is 2.82. The van der Waals surface area contributed by atoms with Gasteiger partial charge in [-0.1, -0.05) is 18.6 Å². The molecule has 7 heteroatoms. The zero-order chi connectivity index (χ0) is 21.2. The van der Waals surface area contributed by atoms with E-state index in [1.807, 2.05) is 41.3 Å². The fourth-order valence-corrected chi connectivity index (χ4v) is 3.96. The van der Waals surface area contributed by atoms with Crippen molar-refractivity contribution in [2.75, 3.05) is 16.8 Å². The number of carbonyl (C=O) groups is 2. The van der Waals surface area contributed by atoms with Crippen LogP contribution in [0.25, 0.3) is 22.4 Å². The number of amides is 2. The summed E-state index contributed by atoms with van der Waals surface area (Å²) < 4.78 is 0. The van der Waals surface area contributed by atoms with Crippen LogP contribution in [-0.2, 0) is 9.59 Å². The molecule has 1 saturated heterocycles. The van der Waals surface area contributed by atoms with Crippen molar-refractivity contribution in [2.45, 2.75) is 32.1 Å². The van der Waals surface area contributed by atoms with Crippen molar-refractivity contribution in [1.29, 1.82) is 0 Å². The van der Waals surface area contributed by atoms with Gasteiger partial charge in [0.25, 0.3) is 0 Å². The van der Waals surface area contributed by atoms with Crippen LogP contribution >= 0.6 is 0 Å². The Hall–Kier alpha value is -3.61. The fraction of sp³-hybridized carbons (Fsp3) is 0.292. The predicted molar refractivity (Wildman–Crippen MR) is 118 cm³/mol. The number of nitrogens with zero attached hydrogens (tertiary/aromatic N) is 4. The van der Waals surface area contributed by atoms with Gasteiger partial charge in [0.1, 0.15) is 0 Å². The molecule has 2 aliphatic rings. The average Bonchev–Trinajstić information content (AvgIpc) is 3.19. The van der Waals surface area contributed by atoms with Gasteiger partial charge in [-0.2, -0.15) is 0 Å². The van der Waals surface area contributed by atoms with Gasteiger partial charge in [-0.3, -0.25) is 19.9 Å². The van der Waals surface area contributed by atoms with Crippen LogP contribution in [0.15, 0.2) is 55.0 Å². The minimum atomic E-state index is -0.00755. The summed E-state index contributed by atoms with van der Waals surface area (Å²) in [6.07, 6.45) is 9.70. The maximum absolute atomic E-state index is 12.2. The summed E-state index contributed by atoms with van der Waals surface area (Å²) >= 11 is 0.